The SMILES string of the molecule is CCCCCCC(C)NC(=O)c1cc(S(=O)(=O)N(C)C)ccc1Cl. The Morgan fingerprint density at radius 3 is 2.50 bits per heavy atom. The van der Waals surface area contributed by atoms with E-state index in [0.717, 1.165) is 23.6 Å². The zero-order chi connectivity index (χ0) is 18.3. The average molecular weight is 375 g/mol. The third kappa shape index (κ3) is 5.76. The summed E-state index contributed by atoms with van der Waals surface area (Å²) in [6.45, 7) is 4.10. The smallest absolute Gasteiger partial charge is 0.253 e. The second-order valence-corrected chi connectivity index (χ2v) is 8.71. The molecule has 0 aliphatic carbocycles. The maximum absolute atomic E-state index is 12.4. The van der Waals surface area contributed by atoms with Crippen LogP contribution in [0.25, 0.3) is 0 Å². The molecular formula is C17H27ClN2O3S. The Kier molecular flexibility index (Phi) is 8.19. The molecule has 0 heterocycles. The Morgan fingerprint density at radius 1 is 1.25 bits per heavy atom. The van der Waals surface area contributed by atoms with E-state index in [1.54, 1.807) is 0 Å². The predicted molar refractivity (Wildman–Crippen MR) is 98.0 cm³/mol. The normalized spacial score (nSPS) is 13.1. The lowest BCUT2D eigenvalue weighted by molar-refractivity contribution is 0.0938. The number of nitrogens with zero attached hydrogens (tertiary/aromatic N) is 1. The Labute approximate surface area is 150 Å². The van der Waals surface area contributed by atoms with Gasteiger partial charge in [0.05, 0.1) is 15.5 Å². The number of sulfonamides is 1. The van der Waals surface area contributed by atoms with Crippen molar-refractivity contribution in [1.82, 2.24) is 9.62 Å². The number of hydrogen-bond acceptors (Lipinski definition) is 3. The van der Waals surface area contributed by atoms with Gasteiger partial charge >= 0.3 is 0 Å². The van der Waals surface area contributed by atoms with Crippen molar-refractivity contribution in [1.29, 1.82) is 0 Å². The number of carbonyl (C=O) groups excluding carboxylic acids is 1. The number of hydrogen-bond donors (Lipinski definition) is 1. The summed E-state index contributed by atoms with van der Waals surface area (Å²) >= 11 is 6.08. The molecule has 1 rings (SSSR count). The monoisotopic (exact) mass is 374 g/mol. The minimum absolute atomic E-state index is 0.0135. The first-order valence-electron chi connectivity index (χ1n) is 8.23. The second-order valence-electron chi connectivity index (χ2n) is 6.15. The molecule has 0 fully saturated rings. The van der Waals surface area contributed by atoms with Gasteiger partial charge < -0.3 is 5.32 Å². The molecule has 0 spiro atoms. The standard InChI is InChI=1S/C17H27ClN2O3S/c1-5-6-7-8-9-13(2)19-17(21)15-12-14(10-11-16(15)18)24(22,23)20(3)4/h10-13H,5-9H2,1-4H3,(H,19,21). The molecule has 136 valence electrons. The molecule has 0 bridgehead atoms. The van der Waals surface area contributed by atoms with E-state index in [1.165, 1.54) is 45.1 Å². The quantitative estimate of drug-likeness (QED) is 0.670. The lowest BCUT2D eigenvalue weighted by atomic mass is 10.1. The fourth-order valence-electron chi connectivity index (χ4n) is 2.30. The summed E-state index contributed by atoms with van der Waals surface area (Å²) in [5.41, 5.74) is 0.181. The zero-order valence-corrected chi connectivity index (χ0v) is 16.4. The molecule has 1 N–H and O–H groups in total. The van der Waals surface area contributed by atoms with Crippen LogP contribution in [0, 0.1) is 0 Å². The maximum Gasteiger partial charge on any atom is 0.253 e. The van der Waals surface area contributed by atoms with E-state index in [4.69, 9.17) is 11.6 Å². The molecule has 0 saturated heterocycles. The Hall–Kier alpha value is -1.11. The molecule has 0 aliphatic heterocycles. The summed E-state index contributed by atoms with van der Waals surface area (Å²) in [5, 5.41) is 3.13. The van der Waals surface area contributed by atoms with Crippen LogP contribution in [0.5, 0.6) is 0 Å². The van der Waals surface area contributed by atoms with Gasteiger partial charge in [0.2, 0.25) is 10.0 Å². The van der Waals surface area contributed by atoms with Crippen LogP contribution in [-0.2, 0) is 10.0 Å². The third-order valence-corrected chi connectivity index (χ3v) is 5.97. The van der Waals surface area contributed by atoms with Gasteiger partial charge in [-0.25, -0.2) is 12.7 Å². The van der Waals surface area contributed by atoms with Gasteiger partial charge in [-0.15, -0.1) is 0 Å². The lowest BCUT2D eigenvalue weighted by Gasteiger charge is -2.16. The van der Waals surface area contributed by atoms with E-state index >= 15 is 0 Å². The summed E-state index contributed by atoms with van der Waals surface area (Å²) in [4.78, 5) is 12.5. The van der Waals surface area contributed by atoms with Gasteiger partial charge in [0.25, 0.3) is 5.91 Å². The summed E-state index contributed by atoms with van der Waals surface area (Å²) in [7, 11) is -0.711. The van der Waals surface area contributed by atoms with Crippen LogP contribution in [0.2, 0.25) is 5.02 Å². The van der Waals surface area contributed by atoms with Crippen LogP contribution < -0.4 is 5.32 Å². The molecule has 7 heteroatoms. The van der Waals surface area contributed by atoms with Crippen molar-refractivity contribution >= 4 is 27.5 Å². The highest BCUT2D eigenvalue weighted by Crippen LogP contribution is 2.22. The topological polar surface area (TPSA) is 66.5 Å². The molecule has 24 heavy (non-hydrogen) atoms. The molecule has 1 unspecified atom stereocenters. The first-order chi connectivity index (χ1) is 11.2. The maximum atomic E-state index is 12.4. The molecule has 0 aromatic heterocycles. The third-order valence-electron chi connectivity index (χ3n) is 3.83. The zero-order valence-electron chi connectivity index (χ0n) is 14.8. The predicted octanol–water partition coefficient (Wildman–Crippen LogP) is 3.68. The Balaban J connectivity index is 2.84. The van der Waals surface area contributed by atoms with Gasteiger partial charge in [0, 0.05) is 20.1 Å². The van der Waals surface area contributed by atoms with Gasteiger partial charge in [0.15, 0.2) is 0 Å². The fraction of sp³-hybridized carbons (Fsp3) is 0.588. The minimum Gasteiger partial charge on any atom is -0.350 e. The molecule has 0 aliphatic rings. The van der Waals surface area contributed by atoms with E-state index in [1.807, 2.05) is 6.92 Å². The molecule has 5 nitrogen and oxygen atoms in total. The van der Waals surface area contributed by atoms with E-state index in [0.29, 0.717) is 0 Å². The van der Waals surface area contributed by atoms with E-state index in [2.05, 4.69) is 12.2 Å². The molecule has 1 atom stereocenters. The highest BCUT2D eigenvalue weighted by molar-refractivity contribution is 7.89. The van der Waals surface area contributed by atoms with Crippen molar-refractivity contribution in [3.63, 3.8) is 0 Å². The summed E-state index contributed by atoms with van der Waals surface area (Å²) in [6.07, 6.45) is 5.45. The Bertz CT molecular complexity index is 660. The van der Waals surface area contributed by atoms with Crippen LogP contribution >= 0.6 is 11.6 Å². The Morgan fingerprint density at radius 2 is 1.92 bits per heavy atom. The largest absolute Gasteiger partial charge is 0.350 e. The van der Waals surface area contributed by atoms with Gasteiger partial charge in [-0.2, -0.15) is 0 Å². The summed E-state index contributed by atoms with van der Waals surface area (Å²) < 4.78 is 25.5. The van der Waals surface area contributed by atoms with Gasteiger partial charge in [0.1, 0.15) is 0 Å². The van der Waals surface area contributed by atoms with Gasteiger partial charge in [-0.1, -0.05) is 44.2 Å². The van der Waals surface area contributed by atoms with Crippen molar-refractivity contribution in [2.45, 2.75) is 56.9 Å². The number of unbranched alkanes of at least 4 members (excludes halogenated alkanes) is 3. The lowest BCUT2D eigenvalue weighted by Crippen LogP contribution is -2.33. The van der Waals surface area contributed by atoms with Crippen LogP contribution in [0.4, 0.5) is 0 Å². The van der Waals surface area contributed by atoms with E-state index in [9.17, 15) is 13.2 Å². The van der Waals surface area contributed by atoms with Crippen molar-refractivity contribution in [2.24, 2.45) is 0 Å². The highest BCUT2D eigenvalue weighted by atomic mass is 35.5. The number of halogens is 1. The van der Waals surface area contributed by atoms with Crippen molar-refractivity contribution < 1.29 is 13.2 Å². The van der Waals surface area contributed by atoms with Crippen LogP contribution in [-0.4, -0.2) is 38.8 Å². The molecular weight excluding hydrogens is 348 g/mol. The molecule has 1 aromatic carbocycles. The van der Waals surface area contributed by atoms with Crippen molar-refractivity contribution in [3.8, 4) is 0 Å². The van der Waals surface area contributed by atoms with E-state index < -0.39 is 10.0 Å². The number of nitrogens with one attached hydrogen (secondary N) is 1. The summed E-state index contributed by atoms with van der Waals surface area (Å²) in [5.74, 6) is -0.348. The first-order valence-corrected chi connectivity index (χ1v) is 10.0. The molecule has 0 radical (unpaired) electrons. The first kappa shape index (κ1) is 20.9. The van der Waals surface area contributed by atoms with Crippen molar-refractivity contribution in [2.75, 3.05) is 14.1 Å². The molecule has 1 amide bonds. The van der Waals surface area contributed by atoms with Crippen LogP contribution in [0.1, 0.15) is 56.3 Å². The highest BCUT2D eigenvalue weighted by Gasteiger charge is 2.21. The number of amides is 1. The second kappa shape index (κ2) is 9.39. The number of carbonyl (C=O) groups is 1. The molecule has 0 saturated carbocycles. The number of rotatable bonds is 9. The average Bonchev–Trinajstić information content (AvgIpc) is 2.51. The van der Waals surface area contributed by atoms with Crippen LogP contribution in [0.15, 0.2) is 23.1 Å². The van der Waals surface area contributed by atoms with Crippen LogP contribution in [0.3, 0.4) is 0 Å². The summed E-state index contributed by atoms with van der Waals surface area (Å²) in [6, 6.07) is 4.19. The van der Waals surface area contributed by atoms with Gasteiger partial charge in [-0.3, -0.25) is 4.79 Å². The molecule has 1 aromatic rings. The minimum atomic E-state index is -3.60. The van der Waals surface area contributed by atoms with E-state index in [-0.39, 0.29) is 27.4 Å². The van der Waals surface area contributed by atoms with Gasteiger partial charge in [-0.05, 0) is 31.5 Å². The van der Waals surface area contributed by atoms with Crippen molar-refractivity contribution in [3.05, 3.63) is 28.8 Å². The fourth-order valence-corrected chi connectivity index (χ4v) is 3.43. The number of benzene rings is 1.